The maximum absolute atomic E-state index is 12.5. The van der Waals surface area contributed by atoms with E-state index in [2.05, 4.69) is 10.4 Å². The van der Waals surface area contributed by atoms with Crippen LogP contribution < -0.4 is 10.1 Å². The van der Waals surface area contributed by atoms with Crippen molar-refractivity contribution in [3.05, 3.63) is 42.7 Å². The van der Waals surface area contributed by atoms with E-state index in [-0.39, 0.29) is 24.5 Å². The second kappa shape index (κ2) is 8.70. The molecule has 0 unspecified atom stereocenters. The summed E-state index contributed by atoms with van der Waals surface area (Å²) in [4.78, 5) is 26.3. The molecule has 3 rings (SSSR count). The van der Waals surface area contributed by atoms with E-state index in [1.54, 1.807) is 37.1 Å². The monoisotopic (exact) mass is 370 g/mol. The molecule has 1 fully saturated rings. The van der Waals surface area contributed by atoms with E-state index in [0.29, 0.717) is 11.4 Å². The van der Waals surface area contributed by atoms with Crippen molar-refractivity contribution in [2.75, 3.05) is 18.9 Å². The molecular weight excluding hydrogens is 344 g/mol. The molecule has 0 saturated heterocycles. The summed E-state index contributed by atoms with van der Waals surface area (Å²) >= 11 is 0. The molecule has 0 aliphatic heterocycles. The minimum atomic E-state index is -0.462. The minimum absolute atomic E-state index is 0.0395. The van der Waals surface area contributed by atoms with Gasteiger partial charge in [0, 0.05) is 19.4 Å². The van der Waals surface area contributed by atoms with Crippen LogP contribution in [0.3, 0.4) is 0 Å². The third kappa shape index (κ3) is 4.87. The molecule has 0 radical (unpaired) electrons. The Bertz CT molecular complexity index is 769. The van der Waals surface area contributed by atoms with Crippen molar-refractivity contribution in [3.8, 4) is 5.75 Å². The van der Waals surface area contributed by atoms with Crippen molar-refractivity contribution >= 4 is 17.5 Å². The van der Waals surface area contributed by atoms with Crippen molar-refractivity contribution in [2.45, 2.75) is 44.8 Å². The highest BCUT2D eigenvalue weighted by molar-refractivity contribution is 5.96. The van der Waals surface area contributed by atoms with E-state index < -0.39 is 6.04 Å². The number of amides is 2. The Balaban J connectivity index is 1.58. The second-order valence-electron chi connectivity index (χ2n) is 6.92. The highest BCUT2D eigenvalue weighted by Gasteiger charge is 2.22. The first-order chi connectivity index (χ1) is 13.0. The van der Waals surface area contributed by atoms with Gasteiger partial charge < -0.3 is 15.0 Å². The van der Waals surface area contributed by atoms with Gasteiger partial charge in [0.05, 0.1) is 18.3 Å². The predicted octanol–water partition coefficient (Wildman–Crippen LogP) is 2.86. The fraction of sp³-hybridized carbons (Fsp3) is 0.450. The molecule has 2 amide bonds. The van der Waals surface area contributed by atoms with Crippen molar-refractivity contribution in [1.82, 2.24) is 14.7 Å². The van der Waals surface area contributed by atoms with E-state index in [9.17, 15) is 9.59 Å². The molecule has 7 nitrogen and oxygen atoms in total. The van der Waals surface area contributed by atoms with Gasteiger partial charge in [0.25, 0.3) is 0 Å². The van der Waals surface area contributed by atoms with Crippen LogP contribution in [0.25, 0.3) is 0 Å². The number of aromatic nitrogens is 2. The smallest absolute Gasteiger partial charge is 0.247 e. The van der Waals surface area contributed by atoms with Gasteiger partial charge in [0.15, 0.2) is 0 Å². The predicted molar refractivity (Wildman–Crippen MR) is 103 cm³/mol. The summed E-state index contributed by atoms with van der Waals surface area (Å²) in [5.74, 6) is 0.238. The van der Waals surface area contributed by atoms with Crippen LogP contribution >= 0.6 is 0 Å². The molecule has 1 saturated carbocycles. The average molecular weight is 370 g/mol. The maximum Gasteiger partial charge on any atom is 0.247 e. The zero-order valence-corrected chi connectivity index (χ0v) is 15.8. The number of carbonyl (C=O) groups excluding carboxylic acids is 2. The number of nitrogens with zero attached hydrogens (tertiary/aromatic N) is 3. The SMILES string of the molecule is C[C@@H](C(=O)N(C)CC(=O)Nc1ccccc1OC1CCCC1)n1cccn1. The minimum Gasteiger partial charge on any atom is -0.488 e. The summed E-state index contributed by atoms with van der Waals surface area (Å²) in [7, 11) is 1.61. The van der Waals surface area contributed by atoms with Crippen LogP contribution in [0.15, 0.2) is 42.7 Å². The number of nitrogens with one attached hydrogen (secondary N) is 1. The number of carbonyl (C=O) groups is 2. The molecule has 1 aliphatic carbocycles. The van der Waals surface area contributed by atoms with Gasteiger partial charge in [0.1, 0.15) is 11.8 Å². The van der Waals surface area contributed by atoms with E-state index in [1.807, 2.05) is 24.3 Å². The van der Waals surface area contributed by atoms with Gasteiger partial charge in [-0.05, 0) is 50.8 Å². The Kier molecular flexibility index (Phi) is 6.11. The molecule has 7 heteroatoms. The summed E-state index contributed by atoms with van der Waals surface area (Å²) in [5.41, 5.74) is 0.635. The number of anilines is 1. The molecule has 144 valence electrons. The van der Waals surface area contributed by atoms with Crippen LogP contribution in [-0.4, -0.2) is 46.2 Å². The van der Waals surface area contributed by atoms with Gasteiger partial charge in [-0.15, -0.1) is 0 Å². The topological polar surface area (TPSA) is 76.5 Å². The van der Waals surface area contributed by atoms with Gasteiger partial charge >= 0.3 is 0 Å². The Hall–Kier alpha value is -2.83. The third-order valence-corrected chi connectivity index (χ3v) is 4.79. The number of hydrogen-bond acceptors (Lipinski definition) is 4. The lowest BCUT2D eigenvalue weighted by Crippen LogP contribution is -2.38. The normalized spacial score (nSPS) is 15.3. The lowest BCUT2D eigenvalue weighted by Gasteiger charge is -2.22. The molecular formula is C20H26N4O3. The Labute approximate surface area is 159 Å². The first-order valence-corrected chi connectivity index (χ1v) is 9.34. The van der Waals surface area contributed by atoms with Gasteiger partial charge in [-0.3, -0.25) is 14.3 Å². The molecule has 0 spiro atoms. The number of benzene rings is 1. The van der Waals surface area contributed by atoms with E-state index in [0.717, 1.165) is 12.8 Å². The molecule has 1 atom stereocenters. The zero-order chi connectivity index (χ0) is 19.2. The number of likely N-dealkylation sites (N-methyl/N-ethyl adjacent to an activating group) is 1. The fourth-order valence-corrected chi connectivity index (χ4v) is 3.28. The lowest BCUT2D eigenvalue weighted by atomic mass is 10.2. The summed E-state index contributed by atoms with van der Waals surface area (Å²) in [5, 5.41) is 6.94. The first kappa shape index (κ1) is 18.9. The molecule has 2 aromatic rings. The van der Waals surface area contributed by atoms with Crippen molar-refractivity contribution in [3.63, 3.8) is 0 Å². The summed E-state index contributed by atoms with van der Waals surface area (Å²) in [6, 6.07) is 8.72. The molecule has 0 bridgehead atoms. The van der Waals surface area contributed by atoms with Crippen molar-refractivity contribution in [2.24, 2.45) is 0 Å². The molecule has 1 N–H and O–H groups in total. The highest BCUT2D eigenvalue weighted by atomic mass is 16.5. The van der Waals surface area contributed by atoms with Crippen molar-refractivity contribution in [1.29, 1.82) is 0 Å². The molecule has 1 aliphatic rings. The summed E-state index contributed by atoms with van der Waals surface area (Å²) < 4.78 is 7.61. The standard InChI is InChI=1S/C20H26N4O3/c1-15(24-13-7-12-21-24)20(26)23(2)14-19(25)22-17-10-5-6-11-18(17)27-16-8-3-4-9-16/h5-7,10-13,15-16H,3-4,8-9,14H2,1-2H3,(H,22,25)/t15-/m0/s1. The van der Waals surface area contributed by atoms with E-state index >= 15 is 0 Å². The van der Waals surface area contributed by atoms with Gasteiger partial charge in [-0.25, -0.2) is 0 Å². The maximum atomic E-state index is 12.5. The summed E-state index contributed by atoms with van der Waals surface area (Å²) in [6.07, 6.45) is 8.02. The quantitative estimate of drug-likeness (QED) is 0.813. The fourth-order valence-electron chi connectivity index (χ4n) is 3.28. The zero-order valence-electron chi connectivity index (χ0n) is 15.8. The van der Waals surface area contributed by atoms with Crippen LogP contribution in [0.1, 0.15) is 38.6 Å². The second-order valence-corrected chi connectivity index (χ2v) is 6.92. The Morgan fingerprint density at radius 3 is 2.74 bits per heavy atom. The third-order valence-electron chi connectivity index (χ3n) is 4.79. The molecule has 1 aromatic carbocycles. The van der Waals surface area contributed by atoms with Gasteiger partial charge in [0.2, 0.25) is 11.8 Å². The van der Waals surface area contributed by atoms with Crippen LogP contribution in [0.2, 0.25) is 0 Å². The van der Waals surface area contributed by atoms with E-state index in [4.69, 9.17) is 4.74 Å². The number of hydrogen-bond donors (Lipinski definition) is 1. The first-order valence-electron chi connectivity index (χ1n) is 9.34. The Morgan fingerprint density at radius 1 is 1.30 bits per heavy atom. The van der Waals surface area contributed by atoms with Crippen molar-refractivity contribution < 1.29 is 14.3 Å². The molecule has 1 heterocycles. The summed E-state index contributed by atoms with van der Waals surface area (Å²) in [6.45, 7) is 1.72. The van der Waals surface area contributed by atoms with Crippen LogP contribution in [0.4, 0.5) is 5.69 Å². The number of ether oxygens (including phenoxy) is 1. The lowest BCUT2D eigenvalue weighted by molar-refractivity contribution is -0.136. The Morgan fingerprint density at radius 2 is 2.04 bits per heavy atom. The number of rotatable bonds is 7. The average Bonchev–Trinajstić information content (AvgIpc) is 3.36. The van der Waals surface area contributed by atoms with Crippen LogP contribution in [0, 0.1) is 0 Å². The van der Waals surface area contributed by atoms with Gasteiger partial charge in [-0.2, -0.15) is 5.10 Å². The largest absolute Gasteiger partial charge is 0.488 e. The van der Waals surface area contributed by atoms with Crippen LogP contribution in [-0.2, 0) is 9.59 Å². The van der Waals surface area contributed by atoms with E-state index in [1.165, 1.54) is 17.7 Å². The van der Waals surface area contributed by atoms with Gasteiger partial charge in [-0.1, -0.05) is 12.1 Å². The molecule has 1 aromatic heterocycles. The van der Waals surface area contributed by atoms with Crippen LogP contribution in [0.5, 0.6) is 5.75 Å². The highest BCUT2D eigenvalue weighted by Crippen LogP contribution is 2.29. The number of para-hydroxylation sites is 2. The molecule has 27 heavy (non-hydrogen) atoms.